The minimum absolute atomic E-state index is 0.179. The standard InChI is InChI=1S/C19H26N4O3S/c1-12(2)11-15(18(25)26-4)20-16(24)9-10-23-17(21-22-19(23)27)14-7-5-13(3)6-8-14/h5-8,12,15H,9-11H2,1-4H3,(H,20,24)(H,22,27). The lowest BCUT2D eigenvalue weighted by Crippen LogP contribution is -2.42. The molecule has 2 rings (SSSR count). The highest BCUT2D eigenvalue weighted by atomic mass is 32.1. The van der Waals surface area contributed by atoms with Crippen molar-refractivity contribution < 1.29 is 14.3 Å². The molecule has 0 saturated carbocycles. The molecule has 0 radical (unpaired) electrons. The molecular weight excluding hydrogens is 364 g/mol. The average Bonchev–Trinajstić information content (AvgIpc) is 2.99. The second kappa shape index (κ2) is 9.45. The van der Waals surface area contributed by atoms with E-state index in [9.17, 15) is 9.59 Å². The smallest absolute Gasteiger partial charge is 0.328 e. The second-order valence-electron chi connectivity index (χ2n) is 6.89. The molecule has 1 amide bonds. The van der Waals surface area contributed by atoms with Gasteiger partial charge in [-0.05, 0) is 31.5 Å². The topological polar surface area (TPSA) is 89.0 Å². The van der Waals surface area contributed by atoms with E-state index in [1.807, 2.05) is 45.0 Å². The quantitative estimate of drug-likeness (QED) is 0.534. The Kier molecular flexibility index (Phi) is 7.29. The van der Waals surface area contributed by atoms with Crippen molar-refractivity contribution in [2.45, 2.75) is 46.2 Å². The fourth-order valence-corrected chi connectivity index (χ4v) is 2.98. The molecule has 0 spiro atoms. The highest BCUT2D eigenvalue weighted by Gasteiger charge is 2.22. The maximum atomic E-state index is 12.4. The minimum atomic E-state index is -0.642. The van der Waals surface area contributed by atoms with E-state index in [-0.39, 0.29) is 18.2 Å². The zero-order chi connectivity index (χ0) is 20.0. The van der Waals surface area contributed by atoms with Gasteiger partial charge in [-0.3, -0.25) is 14.5 Å². The van der Waals surface area contributed by atoms with Crippen molar-refractivity contribution in [3.05, 3.63) is 34.6 Å². The van der Waals surface area contributed by atoms with Crippen LogP contribution < -0.4 is 5.32 Å². The molecular formula is C19H26N4O3S. The number of H-pyrrole nitrogens is 1. The number of aromatic nitrogens is 3. The van der Waals surface area contributed by atoms with Gasteiger partial charge >= 0.3 is 5.97 Å². The number of aromatic amines is 1. The normalized spacial score (nSPS) is 12.0. The SMILES string of the molecule is COC(=O)C(CC(C)C)NC(=O)CCn1c(-c2ccc(C)cc2)n[nH]c1=S. The van der Waals surface area contributed by atoms with Gasteiger partial charge in [0.1, 0.15) is 6.04 Å². The predicted octanol–water partition coefficient (Wildman–Crippen LogP) is 3.01. The lowest BCUT2D eigenvalue weighted by atomic mass is 10.0. The molecule has 1 aromatic carbocycles. The van der Waals surface area contributed by atoms with E-state index >= 15 is 0 Å². The van der Waals surface area contributed by atoms with Crippen molar-refractivity contribution in [2.24, 2.45) is 5.92 Å². The maximum absolute atomic E-state index is 12.4. The number of methoxy groups -OCH3 is 1. The summed E-state index contributed by atoms with van der Waals surface area (Å²) in [5.41, 5.74) is 2.07. The molecule has 0 saturated heterocycles. The Balaban J connectivity index is 2.06. The summed E-state index contributed by atoms with van der Waals surface area (Å²) in [6.07, 6.45) is 0.705. The summed E-state index contributed by atoms with van der Waals surface area (Å²) in [7, 11) is 1.32. The fourth-order valence-electron chi connectivity index (χ4n) is 2.76. The van der Waals surface area contributed by atoms with Crippen LogP contribution in [0.1, 0.15) is 32.3 Å². The van der Waals surface area contributed by atoms with Gasteiger partial charge < -0.3 is 10.1 Å². The monoisotopic (exact) mass is 390 g/mol. The molecule has 7 nitrogen and oxygen atoms in total. The highest BCUT2D eigenvalue weighted by molar-refractivity contribution is 7.71. The number of nitrogens with one attached hydrogen (secondary N) is 2. The first-order valence-corrected chi connectivity index (χ1v) is 9.32. The summed E-state index contributed by atoms with van der Waals surface area (Å²) in [4.78, 5) is 24.2. The van der Waals surface area contributed by atoms with Crippen molar-refractivity contribution in [2.75, 3.05) is 7.11 Å². The van der Waals surface area contributed by atoms with E-state index < -0.39 is 12.0 Å². The highest BCUT2D eigenvalue weighted by Crippen LogP contribution is 2.18. The largest absolute Gasteiger partial charge is 0.467 e. The number of esters is 1. The van der Waals surface area contributed by atoms with Gasteiger partial charge in [0.2, 0.25) is 5.91 Å². The Labute approximate surface area is 164 Å². The summed E-state index contributed by atoms with van der Waals surface area (Å²) in [6, 6.07) is 7.28. The molecule has 0 aliphatic carbocycles. The number of nitrogens with zero attached hydrogens (tertiary/aromatic N) is 2. The van der Waals surface area contributed by atoms with E-state index in [0.717, 1.165) is 11.1 Å². The number of carbonyl (C=O) groups is 2. The van der Waals surface area contributed by atoms with Gasteiger partial charge in [0.25, 0.3) is 0 Å². The maximum Gasteiger partial charge on any atom is 0.328 e. The summed E-state index contributed by atoms with van der Waals surface area (Å²) in [5.74, 6) is 0.269. The van der Waals surface area contributed by atoms with Gasteiger partial charge in [-0.15, -0.1) is 0 Å². The number of carbonyl (C=O) groups excluding carboxylic acids is 2. The number of hydrogen-bond acceptors (Lipinski definition) is 5. The van der Waals surface area contributed by atoms with Crippen LogP contribution in [0.3, 0.4) is 0 Å². The Morgan fingerprint density at radius 2 is 1.96 bits per heavy atom. The molecule has 1 aromatic heterocycles. The van der Waals surface area contributed by atoms with Crippen LogP contribution in [0.2, 0.25) is 0 Å². The number of ether oxygens (including phenoxy) is 1. The summed E-state index contributed by atoms with van der Waals surface area (Å²) < 4.78 is 7.02. The summed E-state index contributed by atoms with van der Waals surface area (Å²) >= 11 is 5.29. The van der Waals surface area contributed by atoms with Gasteiger partial charge in [-0.2, -0.15) is 5.10 Å². The molecule has 2 aromatic rings. The Hall–Kier alpha value is -2.48. The molecule has 2 N–H and O–H groups in total. The van der Waals surface area contributed by atoms with Crippen molar-refractivity contribution in [1.82, 2.24) is 20.1 Å². The first kappa shape index (κ1) is 20.8. The van der Waals surface area contributed by atoms with E-state index in [1.165, 1.54) is 7.11 Å². The van der Waals surface area contributed by atoms with Gasteiger partial charge in [-0.1, -0.05) is 43.7 Å². The van der Waals surface area contributed by atoms with Gasteiger partial charge in [0.15, 0.2) is 10.6 Å². The third kappa shape index (κ3) is 5.75. The molecule has 0 aliphatic rings. The van der Waals surface area contributed by atoms with Gasteiger partial charge in [0.05, 0.1) is 7.11 Å². The molecule has 1 atom stereocenters. The van der Waals surface area contributed by atoms with Crippen molar-refractivity contribution in [3.8, 4) is 11.4 Å². The number of benzene rings is 1. The lowest BCUT2D eigenvalue weighted by Gasteiger charge is -2.18. The zero-order valence-corrected chi connectivity index (χ0v) is 16.9. The van der Waals surface area contributed by atoms with E-state index in [0.29, 0.717) is 23.6 Å². The van der Waals surface area contributed by atoms with Crippen LogP contribution in [-0.4, -0.2) is 39.8 Å². The third-order valence-corrected chi connectivity index (χ3v) is 4.47. The second-order valence-corrected chi connectivity index (χ2v) is 7.28. The van der Waals surface area contributed by atoms with Crippen LogP contribution in [0.4, 0.5) is 0 Å². The molecule has 27 heavy (non-hydrogen) atoms. The third-order valence-electron chi connectivity index (χ3n) is 4.16. The average molecular weight is 391 g/mol. The summed E-state index contributed by atoms with van der Waals surface area (Å²) in [6.45, 7) is 6.35. The first-order valence-electron chi connectivity index (χ1n) is 8.91. The predicted molar refractivity (Wildman–Crippen MR) is 106 cm³/mol. The van der Waals surface area contributed by atoms with Crippen LogP contribution in [0, 0.1) is 17.6 Å². The molecule has 1 unspecified atom stereocenters. The van der Waals surface area contributed by atoms with Crippen LogP contribution >= 0.6 is 12.2 Å². The van der Waals surface area contributed by atoms with Crippen LogP contribution in [0.15, 0.2) is 24.3 Å². The zero-order valence-electron chi connectivity index (χ0n) is 16.1. The Morgan fingerprint density at radius 3 is 2.56 bits per heavy atom. The van der Waals surface area contributed by atoms with Gasteiger partial charge in [0, 0.05) is 18.5 Å². The minimum Gasteiger partial charge on any atom is -0.467 e. The summed E-state index contributed by atoms with van der Waals surface area (Å²) in [5, 5.41) is 9.81. The van der Waals surface area contributed by atoms with E-state index in [2.05, 4.69) is 15.5 Å². The number of aryl methyl sites for hydroxylation is 1. The molecule has 8 heteroatoms. The van der Waals surface area contributed by atoms with E-state index in [4.69, 9.17) is 17.0 Å². The van der Waals surface area contributed by atoms with Crippen molar-refractivity contribution in [3.63, 3.8) is 0 Å². The number of hydrogen-bond donors (Lipinski definition) is 2. The Morgan fingerprint density at radius 1 is 1.30 bits per heavy atom. The van der Waals surface area contributed by atoms with Crippen molar-refractivity contribution in [1.29, 1.82) is 0 Å². The van der Waals surface area contributed by atoms with Crippen LogP contribution in [0.25, 0.3) is 11.4 Å². The molecule has 0 fully saturated rings. The Bertz CT molecular complexity index is 839. The molecule has 0 bridgehead atoms. The lowest BCUT2D eigenvalue weighted by molar-refractivity contribution is -0.145. The van der Waals surface area contributed by atoms with Crippen LogP contribution in [-0.2, 0) is 20.9 Å². The fraction of sp³-hybridized carbons (Fsp3) is 0.474. The van der Waals surface area contributed by atoms with Crippen LogP contribution in [0.5, 0.6) is 0 Å². The molecule has 0 aliphatic heterocycles. The molecule has 1 heterocycles. The van der Waals surface area contributed by atoms with Crippen molar-refractivity contribution >= 4 is 24.1 Å². The first-order chi connectivity index (χ1) is 12.8. The van der Waals surface area contributed by atoms with Gasteiger partial charge in [-0.25, -0.2) is 4.79 Å². The van der Waals surface area contributed by atoms with E-state index in [1.54, 1.807) is 4.57 Å². The molecule has 146 valence electrons. The number of rotatable bonds is 8. The number of amides is 1.